The van der Waals surface area contributed by atoms with Crippen LogP contribution < -0.4 is 10.4 Å². The Morgan fingerprint density at radius 1 is 0.522 bits per heavy atom. The zero-order valence-electron chi connectivity index (χ0n) is 15.5. The zero-order chi connectivity index (χ0) is 17.7. The minimum absolute atomic E-state index is 0.712. The molecule has 0 saturated heterocycles. The molecule has 0 spiro atoms. The van der Waals surface area contributed by atoms with Crippen LogP contribution in [0.1, 0.15) is 44.5 Å². The van der Waals surface area contributed by atoms with Gasteiger partial charge in [0.2, 0.25) is 0 Å². The van der Waals surface area contributed by atoms with Crippen LogP contribution in [-0.4, -0.2) is 18.2 Å². The molecular weight excluding hydrogens is 300 g/mol. The highest BCUT2D eigenvalue weighted by atomic mass is 28.4. The van der Waals surface area contributed by atoms with Gasteiger partial charge in [-0.25, -0.2) is 0 Å². The molecule has 0 heterocycles. The van der Waals surface area contributed by atoms with Gasteiger partial charge in [0.1, 0.15) is 0 Å². The van der Waals surface area contributed by atoms with E-state index in [9.17, 15) is 9.59 Å². The number of aryl methyl sites for hydroxylation is 2. The van der Waals surface area contributed by atoms with Crippen molar-refractivity contribution in [1.29, 1.82) is 0 Å². The Labute approximate surface area is 141 Å². The lowest BCUT2D eigenvalue weighted by Gasteiger charge is -2.27. The maximum Gasteiger partial charge on any atom is 0.402 e. The lowest BCUT2D eigenvalue weighted by molar-refractivity contribution is 0.400. The predicted octanol–water partition coefficient (Wildman–Crippen LogP) is 2.69. The molecule has 0 aliphatic rings. The summed E-state index contributed by atoms with van der Waals surface area (Å²) >= 11 is 0. The molecule has 2 nitrogen and oxygen atoms in total. The lowest BCUT2D eigenvalue weighted by Crippen LogP contribution is -2.61. The van der Waals surface area contributed by atoms with Gasteiger partial charge in [-0.1, -0.05) is 12.1 Å². The number of rotatable bonds is 2. The van der Waals surface area contributed by atoms with Crippen LogP contribution in [-0.2, 0) is 0 Å². The summed E-state index contributed by atoms with van der Waals surface area (Å²) in [6.07, 6.45) is 0. The van der Waals surface area contributed by atoms with E-state index in [0.717, 1.165) is 33.4 Å². The molecule has 0 unspecified atom stereocenters. The largest absolute Gasteiger partial charge is 0.404 e. The van der Waals surface area contributed by atoms with E-state index in [4.69, 9.17) is 0 Å². The molecule has 0 saturated carbocycles. The molecule has 0 aromatic heterocycles. The van der Waals surface area contributed by atoms with Crippen LogP contribution in [0.3, 0.4) is 0 Å². The first-order valence-corrected chi connectivity index (χ1v) is 10.00. The summed E-state index contributed by atoms with van der Waals surface area (Å²) < 4.78 is 0. The van der Waals surface area contributed by atoms with Crippen molar-refractivity contribution in [3.05, 3.63) is 56.6 Å². The van der Waals surface area contributed by atoms with Crippen molar-refractivity contribution < 1.29 is 9.59 Å². The van der Waals surface area contributed by atoms with Gasteiger partial charge in [-0.3, -0.25) is 0 Å². The van der Waals surface area contributed by atoms with Crippen LogP contribution in [0.5, 0.6) is 0 Å². The monoisotopic (exact) mass is 328 g/mol. The molecule has 2 rings (SSSR count). The molecular formula is C20H28O2Si. The highest BCUT2D eigenvalue weighted by Crippen LogP contribution is 2.20. The van der Waals surface area contributed by atoms with E-state index < -0.39 is 8.56 Å². The fourth-order valence-corrected chi connectivity index (χ4v) is 5.84. The van der Waals surface area contributed by atoms with Gasteiger partial charge in [-0.05, 0) is 99.9 Å². The van der Waals surface area contributed by atoms with E-state index in [0.29, 0.717) is 10.4 Å². The normalized spacial score (nSPS) is 11.9. The van der Waals surface area contributed by atoms with Crippen LogP contribution in [0.15, 0.2) is 12.1 Å². The molecule has 0 atom stereocenters. The van der Waals surface area contributed by atoms with Crippen molar-refractivity contribution in [2.24, 2.45) is 0 Å². The van der Waals surface area contributed by atoms with E-state index in [1.807, 2.05) is 39.8 Å². The van der Waals surface area contributed by atoms with E-state index in [2.05, 4.69) is 27.7 Å². The van der Waals surface area contributed by atoms with Crippen molar-refractivity contribution in [2.45, 2.75) is 55.4 Å². The van der Waals surface area contributed by atoms with Crippen LogP contribution in [0.4, 0.5) is 0 Å². The quantitative estimate of drug-likeness (QED) is 0.832. The number of hydrogen-bond acceptors (Lipinski definition) is 2. The smallest absolute Gasteiger partial charge is 0.402 e. The Kier molecular flexibility index (Phi) is 4.59. The molecule has 0 aliphatic heterocycles. The Hall–Kier alpha value is -1.42. The molecule has 2 N–H and O–H groups in total. The minimum Gasteiger partial charge on any atom is -0.404 e. The topological polar surface area (TPSA) is 40.5 Å². The fraction of sp³-hybridized carbons (Fsp3) is 0.400. The van der Waals surface area contributed by atoms with Crippen molar-refractivity contribution in [1.82, 2.24) is 0 Å². The Morgan fingerprint density at radius 2 is 0.826 bits per heavy atom. The lowest BCUT2D eigenvalue weighted by atomic mass is 9.99. The van der Waals surface area contributed by atoms with Crippen LogP contribution >= 0.6 is 0 Å². The fourth-order valence-electron chi connectivity index (χ4n) is 3.29. The van der Waals surface area contributed by atoms with Gasteiger partial charge in [-0.15, -0.1) is 0 Å². The van der Waals surface area contributed by atoms with Gasteiger partial charge in [0.25, 0.3) is 0 Å². The second-order valence-corrected chi connectivity index (χ2v) is 9.33. The summed E-state index contributed by atoms with van der Waals surface area (Å²) in [6, 6.07) is 3.93. The van der Waals surface area contributed by atoms with E-state index in [1.165, 1.54) is 11.1 Å². The standard InChI is InChI=1S/C20H28O2Si/c1-11-9-19(17(7)15(5)13(11)3)23(21,22)20-10-12(2)14(4)16(6)18(20)8/h9-10,21-22H,1-8H3. The average molecular weight is 329 g/mol. The molecule has 0 amide bonds. The highest BCUT2D eigenvalue weighted by Gasteiger charge is 2.39. The molecule has 0 radical (unpaired) electrons. The molecule has 2 aromatic carbocycles. The Morgan fingerprint density at radius 3 is 1.13 bits per heavy atom. The van der Waals surface area contributed by atoms with Crippen molar-refractivity contribution in [2.75, 3.05) is 0 Å². The van der Waals surface area contributed by atoms with Crippen LogP contribution in [0.2, 0.25) is 0 Å². The second-order valence-electron chi connectivity index (χ2n) is 6.90. The first-order chi connectivity index (χ1) is 10.5. The van der Waals surface area contributed by atoms with Gasteiger partial charge in [0.15, 0.2) is 0 Å². The third-order valence-corrected chi connectivity index (χ3v) is 8.25. The van der Waals surface area contributed by atoms with E-state index in [-0.39, 0.29) is 0 Å². The summed E-state index contributed by atoms with van der Waals surface area (Å²) in [6.45, 7) is 16.4. The summed E-state index contributed by atoms with van der Waals surface area (Å²) in [5.41, 5.74) is 8.98. The molecule has 0 fully saturated rings. The van der Waals surface area contributed by atoms with Crippen LogP contribution in [0, 0.1) is 55.4 Å². The van der Waals surface area contributed by atoms with E-state index >= 15 is 0 Å². The summed E-state index contributed by atoms with van der Waals surface area (Å²) in [5, 5.41) is 1.42. The van der Waals surface area contributed by atoms with Gasteiger partial charge < -0.3 is 9.59 Å². The molecule has 2 aromatic rings. The molecule has 0 bridgehead atoms. The summed E-state index contributed by atoms with van der Waals surface area (Å²) in [5.74, 6) is 0. The van der Waals surface area contributed by atoms with Gasteiger partial charge in [0.05, 0.1) is 0 Å². The third-order valence-electron chi connectivity index (χ3n) is 5.71. The van der Waals surface area contributed by atoms with Crippen molar-refractivity contribution in [3.63, 3.8) is 0 Å². The maximum absolute atomic E-state index is 11.2. The first-order valence-electron chi connectivity index (χ1n) is 8.10. The van der Waals surface area contributed by atoms with Gasteiger partial charge >= 0.3 is 8.56 Å². The zero-order valence-corrected chi connectivity index (χ0v) is 16.5. The van der Waals surface area contributed by atoms with Crippen molar-refractivity contribution in [3.8, 4) is 0 Å². The molecule has 23 heavy (non-hydrogen) atoms. The maximum atomic E-state index is 11.2. The van der Waals surface area contributed by atoms with Gasteiger partial charge in [-0.2, -0.15) is 0 Å². The Bertz CT molecular complexity index is 724. The first kappa shape index (κ1) is 17.9. The SMILES string of the molecule is Cc1cc([Si](O)(O)c2cc(C)c(C)c(C)c2C)c(C)c(C)c1C. The van der Waals surface area contributed by atoms with Crippen LogP contribution in [0.25, 0.3) is 0 Å². The summed E-state index contributed by atoms with van der Waals surface area (Å²) in [7, 11) is -3.72. The minimum atomic E-state index is -3.72. The Balaban J connectivity index is 2.79. The molecule has 124 valence electrons. The predicted molar refractivity (Wildman–Crippen MR) is 100 cm³/mol. The van der Waals surface area contributed by atoms with Gasteiger partial charge in [0, 0.05) is 10.4 Å². The summed E-state index contributed by atoms with van der Waals surface area (Å²) in [4.78, 5) is 22.4. The van der Waals surface area contributed by atoms with Crippen molar-refractivity contribution >= 4 is 18.9 Å². The highest BCUT2D eigenvalue weighted by molar-refractivity contribution is 6.91. The molecule has 3 heteroatoms. The molecule has 0 aliphatic carbocycles. The number of hydrogen-bond donors (Lipinski definition) is 2. The second kappa shape index (κ2) is 5.89. The van der Waals surface area contributed by atoms with E-state index in [1.54, 1.807) is 0 Å². The third kappa shape index (κ3) is 2.78. The average Bonchev–Trinajstić information content (AvgIpc) is 2.49. The number of benzene rings is 2.